The van der Waals surface area contributed by atoms with Crippen molar-refractivity contribution in [3.8, 4) is 11.5 Å². The second-order valence-corrected chi connectivity index (χ2v) is 4.68. The normalized spacial score (nSPS) is 12.0. The quantitative estimate of drug-likeness (QED) is 0.542. The first-order valence-corrected chi connectivity index (χ1v) is 6.35. The van der Waals surface area contributed by atoms with E-state index in [2.05, 4.69) is 5.32 Å². The first-order valence-electron chi connectivity index (χ1n) is 6.35. The molecule has 1 rings (SSSR count). The van der Waals surface area contributed by atoms with Crippen molar-refractivity contribution < 1.29 is 19.2 Å². The van der Waals surface area contributed by atoms with Crippen molar-refractivity contribution in [2.75, 3.05) is 13.7 Å². The molecule has 21 heavy (non-hydrogen) atoms. The molecule has 1 aromatic rings. The van der Waals surface area contributed by atoms with E-state index in [0.717, 1.165) is 0 Å². The lowest BCUT2D eigenvalue weighted by molar-refractivity contribution is -0.385. The highest BCUT2D eigenvalue weighted by molar-refractivity contribution is 5.80. The second-order valence-electron chi connectivity index (χ2n) is 4.68. The molecule has 1 atom stereocenters. The molecule has 1 aromatic carbocycles. The summed E-state index contributed by atoms with van der Waals surface area (Å²) in [5, 5.41) is 13.9. The van der Waals surface area contributed by atoms with Crippen LogP contribution in [0.25, 0.3) is 0 Å². The van der Waals surface area contributed by atoms with Gasteiger partial charge in [-0.05, 0) is 6.07 Å². The number of carbonyl (C=O) groups is 1. The molecule has 0 radical (unpaired) electrons. The van der Waals surface area contributed by atoms with Crippen LogP contribution in [0.1, 0.15) is 13.8 Å². The second kappa shape index (κ2) is 7.44. The number of hydrogen-bond acceptors (Lipinski definition) is 6. The smallest absolute Gasteiger partial charge is 0.311 e. The SMILES string of the molecule is COc1ccc([N+](=O)[O-])c(OCC(NC(C)C)C(N)=O)c1. The number of nitrogens with one attached hydrogen (secondary N) is 1. The van der Waals surface area contributed by atoms with Crippen molar-refractivity contribution in [3.05, 3.63) is 28.3 Å². The Morgan fingerprint density at radius 3 is 2.62 bits per heavy atom. The highest BCUT2D eigenvalue weighted by atomic mass is 16.6. The van der Waals surface area contributed by atoms with Gasteiger partial charge in [-0.25, -0.2) is 0 Å². The lowest BCUT2D eigenvalue weighted by atomic mass is 10.2. The van der Waals surface area contributed by atoms with Crippen LogP contribution in [0.15, 0.2) is 18.2 Å². The minimum Gasteiger partial charge on any atom is -0.497 e. The maximum Gasteiger partial charge on any atom is 0.311 e. The maximum absolute atomic E-state index is 11.3. The standard InChI is InChI=1S/C13H19N3O5/c1-8(2)15-10(13(14)17)7-21-12-6-9(20-3)4-5-11(12)16(18)19/h4-6,8,10,15H,7H2,1-3H3,(H2,14,17). The summed E-state index contributed by atoms with van der Waals surface area (Å²) in [5.41, 5.74) is 5.06. The number of carbonyl (C=O) groups excluding carboxylic acids is 1. The van der Waals surface area contributed by atoms with Gasteiger partial charge in [0, 0.05) is 18.2 Å². The molecule has 0 saturated heterocycles. The van der Waals surface area contributed by atoms with Crippen LogP contribution < -0.4 is 20.5 Å². The number of primary amides is 1. The number of hydrogen-bond donors (Lipinski definition) is 2. The number of nitrogens with zero attached hydrogens (tertiary/aromatic N) is 1. The highest BCUT2D eigenvalue weighted by Crippen LogP contribution is 2.31. The molecule has 1 unspecified atom stereocenters. The molecular formula is C13H19N3O5. The molecule has 0 aliphatic rings. The monoisotopic (exact) mass is 297 g/mol. The molecule has 0 fully saturated rings. The summed E-state index contributed by atoms with van der Waals surface area (Å²) in [4.78, 5) is 21.7. The number of methoxy groups -OCH3 is 1. The van der Waals surface area contributed by atoms with E-state index in [4.69, 9.17) is 15.2 Å². The molecule has 116 valence electrons. The average Bonchev–Trinajstić information content (AvgIpc) is 2.42. The van der Waals surface area contributed by atoms with Gasteiger partial charge in [-0.3, -0.25) is 14.9 Å². The molecular weight excluding hydrogens is 278 g/mol. The molecule has 3 N–H and O–H groups in total. The van der Waals surface area contributed by atoms with Crippen molar-refractivity contribution in [3.63, 3.8) is 0 Å². The van der Waals surface area contributed by atoms with Crippen LogP contribution >= 0.6 is 0 Å². The number of nitro benzene ring substituents is 1. The minimum absolute atomic E-state index is 0.0198. The molecule has 0 aliphatic carbocycles. The van der Waals surface area contributed by atoms with Gasteiger partial charge >= 0.3 is 5.69 Å². The van der Waals surface area contributed by atoms with E-state index in [9.17, 15) is 14.9 Å². The van der Waals surface area contributed by atoms with Gasteiger partial charge in [0.2, 0.25) is 11.7 Å². The van der Waals surface area contributed by atoms with Crippen molar-refractivity contribution in [1.29, 1.82) is 0 Å². The fourth-order valence-corrected chi connectivity index (χ4v) is 1.68. The number of nitrogens with two attached hydrogens (primary N) is 1. The minimum atomic E-state index is -0.740. The number of nitro groups is 1. The first kappa shape index (κ1) is 16.7. The lowest BCUT2D eigenvalue weighted by Gasteiger charge is -2.18. The predicted octanol–water partition coefficient (Wildman–Crippen LogP) is 0.834. The lowest BCUT2D eigenvalue weighted by Crippen LogP contribution is -2.48. The Balaban J connectivity index is 2.89. The molecule has 1 amide bonds. The summed E-state index contributed by atoms with van der Waals surface area (Å²) in [7, 11) is 1.44. The predicted molar refractivity (Wildman–Crippen MR) is 76.4 cm³/mol. The van der Waals surface area contributed by atoms with E-state index in [-0.39, 0.29) is 24.1 Å². The Bertz CT molecular complexity index is 519. The van der Waals surface area contributed by atoms with Crippen molar-refractivity contribution >= 4 is 11.6 Å². The van der Waals surface area contributed by atoms with Gasteiger partial charge in [0.15, 0.2) is 0 Å². The van der Waals surface area contributed by atoms with E-state index in [1.54, 1.807) is 0 Å². The molecule has 8 nitrogen and oxygen atoms in total. The van der Waals surface area contributed by atoms with Crippen LogP contribution in [0, 0.1) is 10.1 Å². The van der Waals surface area contributed by atoms with Gasteiger partial charge in [-0.15, -0.1) is 0 Å². The third kappa shape index (κ3) is 4.92. The van der Waals surface area contributed by atoms with Crippen LogP contribution in [-0.4, -0.2) is 36.6 Å². The summed E-state index contributed by atoms with van der Waals surface area (Å²) in [6.45, 7) is 3.59. The van der Waals surface area contributed by atoms with Crippen molar-refractivity contribution in [1.82, 2.24) is 5.32 Å². The zero-order chi connectivity index (χ0) is 16.0. The van der Waals surface area contributed by atoms with Gasteiger partial charge in [-0.1, -0.05) is 13.8 Å². The molecule has 0 heterocycles. The topological polar surface area (TPSA) is 117 Å². The Morgan fingerprint density at radius 1 is 1.48 bits per heavy atom. The highest BCUT2D eigenvalue weighted by Gasteiger charge is 2.21. The van der Waals surface area contributed by atoms with Gasteiger partial charge in [-0.2, -0.15) is 0 Å². The molecule has 0 aliphatic heterocycles. The molecule has 0 saturated carbocycles. The van der Waals surface area contributed by atoms with E-state index in [0.29, 0.717) is 5.75 Å². The third-order valence-electron chi connectivity index (χ3n) is 2.65. The van der Waals surface area contributed by atoms with Crippen molar-refractivity contribution in [2.45, 2.75) is 25.9 Å². The van der Waals surface area contributed by atoms with Crippen LogP contribution in [0.2, 0.25) is 0 Å². The Hall–Kier alpha value is -2.35. The summed E-state index contributed by atoms with van der Waals surface area (Å²) in [6.07, 6.45) is 0. The molecule has 0 bridgehead atoms. The van der Waals surface area contributed by atoms with Crippen LogP contribution in [0.3, 0.4) is 0 Å². The number of amides is 1. The average molecular weight is 297 g/mol. The number of rotatable bonds is 8. The van der Waals surface area contributed by atoms with Gasteiger partial charge in [0.1, 0.15) is 18.4 Å². The Kier molecular flexibility index (Phi) is 5.92. The van der Waals surface area contributed by atoms with E-state index in [1.165, 1.54) is 25.3 Å². The summed E-state index contributed by atoms with van der Waals surface area (Å²) in [6, 6.07) is 3.42. The maximum atomic E-state index is 11.3. The Morgan fingerprint density at radius 2 is 2.14 bits per heavy atom. The van der Waals surface area contributed by atoms with Gasteiger partial charge in [0.25, 0.3) is 0 Å². The summed E-state index contributed by atoms with van der Waals surface area (Å²) < 4.78 is 10.4. The van der Waals surface area contributed by atoms with E-state index >= 15 is 0 Å². The number of benzene rings is 1. The van der Waals surface area contributed by atoms with E-state index in [1.807, 2.05) is 13.8 Å². The molecule has 0 aromatic heterocycles. The summed E-state index contributed by atoms with van der Waals surface area (Å²) >= 11 is 0. The van der Waals surface area contributed by atoms with Crippen LogP contribution in [-0.2, 0) is 4.79 Å². The third-order valence-corrected chi connectivity index (χ3v) is 2.65. The van der Waals surface area contributed by atoms with Gasteiger partial charge in [0.05, 0.1) is 12.0 Å². The van der Waals surface area contributed by atoms with Crippen LogP contribution in [0.4, 0.5) is 5.69 Å². The fraction of sp³-hybridized carbons (Fsp3) is 0.462. The Labute approximate surface area is 122 Å². The molecule has 8 heteroatoms. The van der Waals surface area contributed by atoms with Crippen molar-refractivity contribution in [2.24, 2.45) is 5.73 Å². The number of ether oxygens (including phenoxy) is 2. The molecule has 0 spiro atoms. The van der Waals surface area contributed by atoms with Gasteiger partial charge < -0.3 is 20.5 Å². The largest absolute Gasteiger partial charge is 0.497 e. The zero-order valence-electron chi connectivity index (χ0n) is 12.2. The van der Waals surface area contributed by atoms with Crippen LogP contribution in [0.5, 0.6) is 11.5 Å². The zero-order valence-corrected chi connectivity index (χ0v) is 12.2. The summed E-state index contributed by atoms with van der Waals surface area (Å²) in [5.74, 6) is -0.145. The fourth-order valence-electron chi connectivity index (χ4n) is 1.68. The van der Waals surface area contributed by atoms with E-state index < -0.39 is 16.9 Å². The first-order chi connectivity index (χ1) is 9.85.